The van der Waals surface area contributed by atoms with E-state index in [1.165, 1.54) is 7.05 Å². The average molecular weight is 646 g/mol. The third kappa shape index (κ3) is 10.5. The van der Waals surface area contributed by atoms with Gasteiger partial charge in [-0.2, -0.15) is 0 Å². The summed E-state index contributed by atoms with van der Waals surface area (Å²) in [5.74, 6) is -6.16. The van der Waals surface area contributed by atoms with Gasteiger partial charge in [0.15, 0.2) is 17.3 Å². The highest BCUT2D eigenvalue weighted by atomic mass is 16.4. The van der Waals surface area contributed by atoms with Crippen LogP contribution in [0.3, 0.4) is 0 Å². The molecule has 6 unspecified atom stereocenters. The van der Waals surface area contributed by atoms with E-state index in [1.807, 2.05) is 41.5 Å². The molecule has 260 valence electrons. The number of hydrogen-bond acceptors (Lipinski definition) is 9. The highest BCUT2D eigenvalue weighted by Gasteiger charge is 2.64. The molecule has 0 aliphatic heterocycles. The van der Waals surface area contributed by atoms with Crippen LogP contribution >= 0.6 is 0 Å². The summed E-state index contributed by atoms with van der Waals surface area (Å²) >= 11 is 0. The fourth-order valence-electron chi connectivity index (χ4n) is 6.02. The lowest BCUT2D eigenvalue weighted by atomic mass is 9.71. The predicted molar refractivity (Wildman–Crippen MR) is 181 cm³/mol. The van der Waals surface area contributed by atoms with Gasteiger partial charge in [0.25, 0.3) is 0 Å². The standard InChI is InChI=1S/C35H59N5O6/c1-20(2)15-25(36)30(41)35(32(43)28(39-9)17-22(5)6,31(42)26(37)19-24-13-11-10-12-14-24)40(29(34(45)46)18-23(7)8)33(44)27(38)16-21(3)4/h10-14,20-23,25-29,39H,15-19,36-38H2,1-9H3,(H,45,46). The number of Topliss-reactive ketones (excluding diaryl/α,β-unsaturated/α-hetero) is 3. The largest absolute Gasteiger partial charge is 0.480 e. The van der Waals surface area contributed by atoms with Crippen LogP contribution in [0.2, 0.25) is 0 Å². The van der Waals surface area contributed by atoms with Crippen LogP contribution in [0.5, 0.6) is 0 Å². The number of carbonyl (C=O) groups excluding carboxylic acids is 4. The molecule has 8 N–H and O–H groups in total. The highest BCUT2D eigenvalue weighted by Crippen LogP contribution is 2.33. The summed E-state index contributed by atoms with van der Waals surface area (Å²) in [5.41, 5.74) is 17.2. The van der Waals surface area contributed by atoms with Crippen molar-refractivity contribution in [2.24, 2.45) is 40.9 Å². The van der Waals surface area contributed by atoms with Crippen molar-refractivity contribution < 1.29 is 29.1 Å². The fraction of sp³-hybridized carbons (Fsp3) is 0.686. The van der Waals surface area contributed by atoms with Gasteiger partial charge in [-0.15, -0.1) is 0 Å². The third-order valence-electron chi connectivity index (χ3n) is 8.07. The van der Waals surface area contributed by atoms with Gasteiger partial charge in [0.2, 0.25) is 11.4 Å². The molecule has 0 heterocycles. The van der Waals surface area contributed by atoms with Crippen molar-refractivity contribution in [2.75, 3.05) is 7.05 Å². The number of likely N-dealkylation sites (N-methyl/N-ethyl adjacent to an activating group) is 1. The number of carboxylic acid groups (broad SMARTS) is 1. The second-order valence-electron chi connectivity index (χ2n) is 14.2. The van der Waals surface area contributed by atoms with Gasteiger partial charge in [0.05, 0.1) is 24.2 Å². The minimum atomic E-state index is -2.96. The van der Waals surface area contributed by atoms with E-state index in [-0.39, 0.29) is 55.8 Å². The summed E-state index contributed by atoms with van der Waals surface area (Å²) in [6.45, 7) is 14.6. The molecule has 1 aromatic carbocycles. The molecule has 0 aliphatic rings. The van der Waals surface area contributed by atoms with Crippen molar-refractivity contribution in [2.45, 2.75) is 123 Å². The molecule has 0 radical (unpaired) electrons. The second-order valence-corrected chi connectivity index (χ2v) is 14.2. The molecule has 11 nitrogen and oxygen atoms in total. The van der Waals surface area contributed by atoms with Crippen molar-refractivity contribution >= 4 is 29.2 Å². The molecule has 11 heteroatoms. The van der Waals surface area contributed by atoms with Gasteiger partial charge in [0, 0.05) is 0 Å². The first-order chi connectivity index (χ1) is 21.3. The number of nitrogens with zero attached hydrogens (tertiary/aromatic N) is 1. The Labute approximate surface area is 275 Å². The lowest BCUT2D eigenvalue weighted by Gasteiger charge is -2.47. The van der Waals surface area contributed by atoms with Crippen LogP contribution in [-0.4, -0.2) is 82.0 Å². The summed E-state index contributed by atoms with van der Waals surface area (Å²) in [5, 5.41) is 13.6. The molecular formula is C35H59N5O6. The summed E-state index contributed by atoms with van der Waals surface area (Å²) in [6.07, 6.45) is 0.147. The van der Waals surface area contributed by atoms with E-state index < -0.39 is 65.0 Å². The van der Waals surface area contributed by atoms with Gasteiger partial charge in [0.1, 0.15) is 6.04 Å². The maximum atomic E-state index is 15.1. The number of hydrogen-bond donors (Lipinski definition) is 5. The van der Waals surface area contributed by atoms with Crippen LogP contribution in [0, 0.1) is 23.7 Å². The van der Waals surface area contributed by atoms with Gasteiger partial charge in [-0.3, -0.25) is 19.2 Å². The molecule has 0 aromatic heterocycles. The monoisotopic (exact) mass is 645 g/mol. The number of benzene rings is 1. The molecule has 0 fully saturated rings. The van der Waals surface area contributed by atoms with E-state index in [4.69, 9.17) is 17.2 Å². The minimum Gasteiger partial charge on any atom is -0.480 e. The summed E-state index contributed by atoms with van der Waals surface area (Å²) in [6, 6.07) is 1.77. The Bertz CT molecular complexity index is 1170. The van der Waals surface area contributed by atoms with E-state index in [9.17, 15) is 19.5 Å². The summed E-state index contributed by atoms with van der Waals surface area (Å²) < 4.78 is 0. The summed E-state index contributed by atoms with van der Waals surface area (Å²) in [7, 11) is 1.52. The van der Waals surface area contributed by atoms with E-state index in [2.05, 4.69) is 5.32 Å². The number of amides is 1. The molecular weight excluding hydrogens is 586 g/mol. The van der Waals surface area contributed by atoms with Gasteiger partial charge in [-0.05, 0) is 68.4 Å². The van der Waals surface area contributed by atoms with Crippen LogP contribution in [0.1, 0.15) is 86.6 Å². The Hall–Kier alpha value is -2.99. The molecule has 0 aliphatic carbocycles. The Morgan fingerprint density at radius 2 is 1.15 bits per heavy atom. The van der Waals surface area contributed by atoms with E-state index in [1.54, 1.807) is 44.2 Å². The third-order valence-corrected chi connectivity index (χ3v) is 8.07. The first kappa shape index (κ1) is 41.0. The van der Waals surface area contributed by atoms with Crippen LogP contribution < -0.4 is 22.5 Å². The smallest absolute Gasteiger partial charge is 0.326 e. The van der Waals surface area contributed by atoms with Crippen LogP contribution in [-0.2, 0) is 30.4 Å². The van der Waals surface area contributed by atoms with Crippen LogP contribution in [0.15, 0.2) is 30.3 Å². The minimum absolute atomic E-state index is 0.0716. The lowest BCUT2D eigenvalue weighted by Crippen LogP contribution is -2.78. The van der Waals surface area contributed by atoms with E-state index in [0.29, 0.717) is 10.5 Å². The molecule has 0 bridgehead atoms. The van der Waals surface area contributed by atoms with E-state index in [0.717, 1.165) is 0 Å². The van der Waals surface area contributed by atoms with E-state index >= 15 is 9.59 Å². The fourth-order valence-corrected chi connectivity index (χ4v) is 6.02. The van der Waals surface area contributed by atoms with Crippen molar-refractivity contribution in [3.05, 3.63) is 35.9 Å². The van der Waals surface area contributed by atoms with Crippen LogP contribution in [0.4, 0.5) is 0 Å². The molecule has 0 spiro atoms. The van der Waals surface area contributed by atoms with Crippen molar-refractivity contribution in [1.29, 1.82) is 0 Å². The van der Waals surface area contributed by atoms with Gasteiger partial charge in [-0.1, -0.05) is 85.7 Å². The molecule has 0 saturated heterocycles. The molecule has 1 aromatic rings. The zero-order chi connectivity index (χ0) is 35.5. The quantitative estimate of drug-likeness (QED) is 0.124. The predicted octanol–water partition coefficient (Wildman–Crippen LogP) is 2.71. The molecule has 1 rings (SSSR count). The Kier molecular flexibility index (Phi) is 16.4. The number of ketones is 3. The molecule has 6 atom stereocenters. The topological polar surface area (TPSA) is 199 Å². The lowest BCUT2D eigenvalue weighted by molar-refractivity contribution is -0.171. The maximum Gasteiger partial charge on any atom is 0.326 e. The number of carboxylic acids is 1. The van der Waals surface area contributed by atoms with Crippen LogP contribution in [0.25, 0.3) is 0 Å². The molecule has 46 heavy (non-hydrogen) atoms. The Balaban J connectivity index is 4.42. The SMILES string of the molecule is CNC(CC(C)C)C(=O)C(C(=O)C(N)Cc1ccccc1)(C(=O)C(N)CC(C)C)N(C(=O)C(N)CC(C)C)C(CC(C)C)C(=O)O. The Morgan fingerprint density at radius 3 is 1.59 bits per heavy atom. The van der Waals surface area contributed by atoms with Gasteiger partial charge < -0.3 is 32.5 Å². The van der Waals surface area contributed by atoms with Crippen molar-refractivity contribution in [3.8, 4) is 0 Å². The zero-order valence-electron chi connectivity index (χ0n) is 29.3. The van der Waals surface area contributed by atoms with Gasteiger partial charge in [-0.25, -0.2) is 4.79 Å². The summed E-state index contributed by atoms with van der Waals surface area (Å²) in [4.78, 5) is 73.6. The maximum absolute atomic E-state index is 15.1. The number of nitrogens with one attached hydrogen (secondary N) is 1. The number of carbonyl (C=O) groups is 5. The second kappa shape index (κ2) is 18.4. The van der Waals surface area contributed by atoms with Crippen molar-refractivity contribution in [1.82, 2.24) is 10.2 Å². The Morgan fingerprint density at radius 1 is 0.696 bits per heavy atom. The first-order valence-electron chi connectivity index (χ1n) is 16.5. The first-order valence-corrected chi connectivity index (χ1v) is 16.5. The normalized spacial score (nSPS) is 16.5. The number of nitrogens with two attached hydrogens (primary N) is 3. The van der Waals surface area contributed by atoms with Gasteiger partial charge >= 0.3 is 5.97 Å². The highest BCUT2D eigenvalue weighted by molar-refractivity contribution is 6.34. The average Bonchev–Trinajstić information content (AvgIpc) is 2.95. The molecule has 0 saturated carbocycles. The molecule has 1 amide bonds. The number of rotatable bonds is 21. The van der Waals surface area contributed by atoms with Crippen molar-refractivity contribution in [3.63, 3.8) is 0 Å². The number of aliphatic carboxylic acids is 1. The zero-order valence-corrected chi connectivity index (χ0v) is 29.3.